The zero-order valence-corrected chi connectivity index (χ0v) is 18.9. The molecule has 1 aromatic carbocycles. The molecule has 5 nitrogen and oxygen atoms in total. The summed E-state index contributed by atoms with van der Waals surface area (Å²) in [7, 11) is 0. The van der Waals surface area contributed by atoms with Crippen LogP contribution in [0.25, 0.3) is 0 Å². The number of rotatable bonds is 2. The van der Waals surface area contributed by atoms with Crippen LogP contribution in [0, 0.1) is 11.3 Å². The molecule has 0 unspecified atom stereocenters. The minimum Gasteiger partial charge on any atom is -0.490 e. The molecule has 6 heteroatoms. The van der Waals surface area contributed by atoms with Crippen LogP contribution in [0.15, 0.2) is 23.2 Å². The maximum Gasteiger partial charge on any atom is 0.225 e. The lowest BCUT2D eigenvalue weighted by Crippen LogP contribution is -2.55. The zero-order valence-electron chi connectivity index (χ0n) is 18.1. The van der Waals surface area contributed by atoms with Crippen LogP contribution < -0.4 is 15.8 Å². The maximum atomic E-state index is 12.6. The van der Waals surface area contributed by atoms with E-state index in [1.54, 1.807) is 11.8 Å². The highest BCUT2D eigenvalue weighted by Gasteiger charge is 2.54. The van der Waals surface area contributed by atoms with Gasteiger partial charge in [0.25, 0.3) is 0 Å². The minimum atomic E-state index is -0.387. The summed E-state index contributed by atoms with van der Waals surface area (Å²) >= 11 is 1.64. The van der Waals surface area contributed by atoms with Gasteiger partial charge in [-0.2, -0.15) is 0 Å². The number of ether oxygens (including phenoxy) is 1. The number of nitrogens with two attached hydrogens (primary N) is 1. The van der Waals surface area contributed by atoms with Gasteiger partial charge in [0.15, 0.2) is 5.17 Å². The summed E-state index contributed by atoms with van der Waals surface area (Å²) in [5.74, 6) is 2.56. The largest absolute Gasteiger partial charge is 0.490 e. The summed E-state index contributed by atoms with van der Waals surface area (Å²) in [6.07, 6.45) is 2.85. The van der Waals surface area contributed by atoms with Gasteiger partial charge in [-0.25, -0.2) is 4.99 Å². The predicted octanol–water partition coefficient (Wildman–Crippen LogP) is 4.16. The van der Waals surface area contributed by atoms with Crippen LogP contribution >= 0.6 is 11.8 Å². The van der Waals surface area contributed by atoms with Gasteiger partial charge in [0.1, 0.15) is 17.4 Å². The molecule has 2 heterocycles. The lowest BCUT2D eigenvalue weighted by Gasteiger charge is -2.49. The first-order valence-corrected chi connectivity index (χ1v) is 11.7. The van der Waals surface area contributed by atoms with Crippen LogP contribution in [0.5, 0.6) is 5.75 Å². The summed E-state index contributed by atoms with van der Waals surface area (Å²) < 4.78 is 6.48. The third-order valence-corrected chi connectivity index (χ3v) is 7.55. The van der Waals surface area contributed by atoms with Gasteiger partial charge in [-0.15, -0.1) is 0 Å². The van der Waals surface area contributed by atoms with E-state index in [4.69, 9.17) is 15.5 Å². The first kappa shape index (κ1) is 20.6. The molecule has 0 radical (unpaired) electrons. The number of carbonyl (C=O) groups excluding carboxylic acids is 1. The molecule has 4 rings (SSSR count). The zero-order chi connectivity index (χ0) is 21.0. The van der Waals surface area contributed by atoms with Gasteiger partial charge in [0.05, 0.1) is 0 Å². The van der Waals surface area contributed by atoms with E-state index >= 15 is 0 Å². The molecule has 1 amide bonds. The Bertz CT molecular complexity index is 845. The number of hydrogen-bond acceptors (Lipinski definition) is 5. The molecule has 1 aliphatic carbocycles. The van der Waals surface area contributed by atoms with Crippen LogP contribution in [-0.4, -0.2) is 29.0 Å². The Morgan fingerprint density at radius 1 is 1.34 bits per heavy atom. The van der Waals surface area contributed by atoms with Crippen LogP contribution in [-0.2, 0) is 10.3 Å². The molecular formula is C23H33N3O2S. The van der Waals surface area contributed by atoms with Crippen molar-refractivity contribution < 1.29 is 9.53 Å². The van der Waals surface area contributed by atoms with Crippen molar-refractivity contribution in [3.8, 4) is 5.75 Å². The molecule has 158 valence electrons. The number of hydrogen-bond donors (Lipinski definition) is 2. The van der Waals surface area contributed by atoms with Crippen LogP contribution in [0.2, 0.25) is 0 Å². The van der Waals surface area contributed by atoms with E-state index in [2.05, 4.69) is 37.4 Å². The van der Waals surface area contributed by atoms with Crippen LogP contribution in [0.1, 0.15) is 70.9 Å². The van der Waals surface area contributed by atoms with E-state index in [9.17, 15) is 4.79 Å². The van der Waals surface area contributed by atoms with Crippen molar-refractivity contribution >= 4 is 22.8 Å². The van der Waals surface area contributed by atoms with E-state index in [-0.39, 0.29) is 34.9 Å². The second-order valence-corrected chi connectivity index (χ2v) is 11.1. The molecule has 1 saturated carbocycles. The highest BCUT2D eigenvalue weighted by Crippen LogP contribution is 2.54. The van der Waals surface area contributed by atoms with Gasteiger partial charge in [-0.3, -0.25) is 4.79 Å². The predicted molar refractivity (Wildman–Crippen MR) is 119 cm³/mol. The van der Waals surface area contributed by atoms with E-state index in [1.165, 1.54) is 11.1 Å². The highest BCUT2D eigenvalue weighted by atomic mass is 32.2. The summed E-state index contributed by atoms with van der Waals surface area (Å²) in [5.41, 5.74) is 7.91. The van der Waals surface area contributed by atoms with Gasteiger partial charge in [0.2, 0.25) is 5.91 Å². The fourth-order valence-corrected chi connectivity index (χ4v) is 5.83. The molecule has 0 saturated heterocycles. The van der Waals surface area contributed by atoms with E-state index in [0.717, 1.165) is 30.8 Å². The quantitative estimate of drug-likeness (QED) is 0.760. The summed E-state index contributed by atoms with van der Waals surface area (Å²) in [4.78, 5) is 17.6. The minimum absolute atomic E-state index is 0.109. The summed E-state index contributed by atoms with van der Waals surface area (Å²) in [6, 6.07) is 6.71. The first-order valence-electron chi connectivity index (χ1n) is 10.7. The highest BCUT2D eigenvalue weighted by molar-refractivity contribution is 8.14. The number of carbonyl (C=O) groups is 1. The molecule has 1 spiro atoms. The summed E-state index contributed by atoms with van der Waals surface area (Å²) in [5, 5.41) is 3.94. The fourth-order valence-electron chi connectivity index (χ4n) is 4.80. The van der Waals surface area contributed by atoms with Crippen molar-refractivity contribution in [2.75, 3.05) is 5.75 Å². The molecule has 2 aliphatic heterocycles. The molecule has 1 fully saturated rings. The molecule has 29 heavy (non-hydrogen) atoms. The van der Waals surface area contributed by atoms with E-state index in [1.807, 2.05) is 20.8 Å². The molecule has 3 N–H and O–H groups in total. The number of fused-ring (bicyclic) bond motifs is 4. The van der Waals surface area contributed by atoms with Crippen molar-refractivity contribution in [1.29, 1.82) is 0 Å². The number of benzene rings is 1. The third-order valence-electron chi connectivity index (χ3n) is 6.58. The Morgan fingerprint density at radius 3 is 2.72 bits per heavy atom. The number of nitrogens with zero attached hydrogens (tertiary/aromatic N) is 1. The Morgan fingerprint density at radius 2 is 2.10 bits per heavy atom. The van der Waals surface area contributed by atoms with Crippen molar-refractivity contribution in [1.82, 2.24) is 5.32 Å². The normalized spacial score (nSPS) is 31.1. The SMILES string of the molecule is CC(C)c1ccc2c(c1)[C@@]1(CSC(N)=N1)[C@H]1C[C@H](NC(=O)C(C)(C)C)CC[C@@H]1O2. The van der Waals surface area contributed by atoms with Gasteiger partial charge in [-0.1, -0.05) is 52.4 Å². The molecular weight excluding hydrogens is 382 g/mol. The second kappa shape index (κ2) is 7.22. The van der Waals surface area contributed by atoms with E-state index < -0.39 is 0 Å². The Balaban J connectivity index is 1.70. The van der Waals surface area contributed by atoms with E-state index in [0.29, 0.717) is 11.1 Å². The number of thioether (sulfide) groups is 1. The summed E-state index contributed by atoms with van der Waals surface area (Å²) in [6.45, 7) is 10.3. The number of aliphatic imine (C=N–C) groups is 1. The van der Waals surface area contributed by atoms with Crippen molar-refractivity contribution in [2.45, 2.75) is 77.5 Å². The number of nitrogens with one attached hydrogen (secondary N) is 1. The molecule has 3 aliphatic rings. The van der Waals surface area contributed by atoms with Crippen molar-refractivity contribution in [3.05, 3.63) is 29.3 Å². The van der Waals surface area contributed by atoms with Crippen LogP contribution in [0.3, 0.4) is 0 Å². The van der Waals surface area contributed by atoms with Gasteiger partial charge < -0.3 is 15.8 Å². The first-order chi connectivity index (χ1) is 13.6. The average Bonchev–Trinajstić information content (AvgIpc) is 3.04. The molecule has 4 atom stereocenters. The fraction of sp³-hybridized carbons (Fsp3) is 0.652. The number of amidine groups is 1. The standard InChI is InChI=1S/C23H33N3O2S/c1-13(2)14-6-8-18-16(10-14)23(12-29-21(24)26-23)17-11-15(7-9-19(17)28-18)25-20(27)22(3,4)5/h6,8,10,13,15,17,19H,7,9,11-12H2,1-5H3,(H2,24,26)(H,25,27)/t15-,17+,19+,23+/m1/s1. The lowest BCUT2D eigenvalue weighted by atomic mass is 9.67. The van der Waals surface area contributed by atoms with Crippen LogP contribution in [0.4, 0.5) is 0 Å². The van der Waals surface area contributed by atoms with Gasteiger partial charge >= 0.3 is 0 Å². The molecule has 0 bridgehead atoms. The Kier molecular flexibility index (Phi) is 5.12. The second-order valence-electron chi connectivity index (χ2n) is 10.1. The number of amides is 1. The Hall–Kier alpha value is -1.69. The van der Waals surface area contributed by atoms with Crippen molar-refractivity contribution in [2.24, 2.45) is 22.1 Å². The topological polar surface area (TPSA) is 76.7 Å². The van der Waals surface area contributed by atoms with Gasteiger partial charge in [-0.05, 0) is 42.9 Å². The Labute approximate surface area is 178 Å². The molecule has 1 aromatic rings. The monoisotopic (exact) mass is 415 g/mol. The molecule has 0 aromatic heterocycles. The third kappa shape index (κ3) is 3.65. The average molecular weight is 416 g/mol. The maximum absolute atomic E-state index is 12.6. The van der Waals surface area contributed by atoms with Crippen molar-refractivity contribution in [3.63, 3.8) is 0 Å². The van der Waals surface area contributed by atoms with Gasteiger partial charge in [0, 0.05) is 28.7 Å². The lowest BCUT2D eigenvalue weighted by molar-refractivity contribution is -0.130. The smallest absolute Gasteiger partial charge is 0.225 e.